The van der Waals surface area contributed by atoms with Crippen molar-refractivity contribution < 1.29 is 14.1 Å². The molecule has 0 radical (unpaired) electrons. The number of carbonyl (C=O) groups is 1. The molecule has 0 unspecified atom stereocenters. The van der Waals surface area contributed by atoms with Crippen LogP contribution in [0.15, 0.2) is 99.4 Å². The zero-order valence-electron chi connectivity index (χ0n) is 30.4. The number of ether oxygens (including phenoxy) is 1. The molecule has 6 heterocycles. The predicted molar refractivity (Wildman–Crippen MR) is 202 cm³/mol. The summed E-state index contributed by atoms with van der Waals surface area (Å²) in [6, 6.07) is 21.1. The number of nitrogens with zero attached hydrogens (tertiary/aromatic N) is 10. The molecule has 1 amide bonds. The van der Waals surface area contributed by atoms with Crippen LogP contribution in [0.3, 0.4) is 0 Å². The second-order valence-corrected chi connectivity index (χ2v) is 13.5. The highest BCUT2D eigenvalue weighted by atomic mass is 16.5. The van der Waals surface area contributed by atoms with Crippen molar-refractivity contribution in [1.29, 1.82) is 0 Å². The number of fused-ring (bicyclic) bond motifs is 1. The molecule has 55 heavy (non-hydrogen) atoms. The molecule has 0 aliphatic carbocycles. The van der Waals surface area contributed by atoms with Gasteiger partial charge in [0.15, 0.2) is 5.76 Å². The van der Waals surface area contributed by atoms with Crippen molar-refractivity contribution in [3.05, 3.63) is 134 Å². The number of aromatic amines is 1. The molecule has 2 aromatic carbocycles. The van der Waals surface area contributed by atoms with Gasteiger partial charge in [-0.1, -0.05) is 46.8 Å². The maximum Gasteiger partial charge on any atom is 0.330 e. The van der Waals surface area contributed by atoms with Crippen LogP contribution in [0.5, 0.6) is 6.01 Å². The number of aromatic nitrogens is 9. The van der Waals surface area contributed by atoms with Crippen LogP contribution in [0, 0.1) is 6.92 Å². The summed E-state index contributed by atoms with van der Waals surface area (Å²) in [4.78, 5) is 58.0. The minimum absolute atomic E-state index is 0.107. The fourth-order valence-electron chi connectivity index (χ4n) is 6.86. The summed E-state index contributed by atoms with van der Waals surface area (Å²) >= 11 is 0. The lowest BCUT2D eigenvalue weighted by Gasteiger charge is -2.31. The van der Waals surface area contributed by atoms with E-state index in [0.29, 0.717) is 50.1 Å². The monoisotopic (exact) mass is 739 g/mol. The van der Waals surface area contributed by atoms with Gasteiger partial charge >= 0.3 is 11.7 Å². The molecular formula is C39H37N11O5. The van der Waals surface area contributed by atoms with Gasteiger partial charge in [-0.3, -0.25) is 19.1 Å². The Kier molecular flexibility index (Phi) is 9.45. The molecule has 1 aliphatic heterocycles. The molecule has 0 bridgehead atoms. The van der Waals surface area contributed by atoms with Gasteiger partial charge in [0.2, 0.25) is 0 Å². The molecule has 1 N–H and O–H groups in total. The highest BCUT2D eigenvalue weighted by Crippen LogP contribution is 2.31. The van der Waals surface area contributed by atoms with Crippen LogP contribution < -0.4 is 20.9 Å². The first-order valence-corrected chi connectivity index (χ1v) is 17.8. The lowest BCUT2D eigenvalue weighted by atomic mass is 9.93. The van der Waals surface area contributed by atoms with Crippen LogP contribution in [-0.2, 0) is 13.1 Å². The maximum absolute atomic E-state index is 13.6. The van der Waals surface area contributed by atoms with Gasteiger partial charge in [-0.25, -0.2) is 19.4 Å². The molecular weight excluding hydrogens is 703 g/mol. The zero-order chi connectivity index (χ0) is 38.1. The lowest BCUT2D eigenvalue weighted by molar-refractivity contribution is 0.0711. The standard InChI is InChI=1S/C39H37N11O5/c1-24-9-10-28(47(2)34-11-14-40-38(42-34)54-3)18-30(24)33-23-49(46-44-33)22-29-19-32(45-55-29)26-12-15-48(16-13-26)37(52)27-17-31-35(41-20-27)50(39(53)43-36(31)51)21-25-7-5-4-6-8-25/h4-11,14,17-20,23,26H,12-13,15-16,21-22H2,1-3H3,(H,43,51,53). The number of hydrogen-bond donors (Lipinski definition) is 1. The molecule has 1 aliphatic rings. The van der Waals surface area contributed by atoms with Crippen molar-refractivity contribution in [3.8, 4) is 17.3 Å². The number of nitrogens with one attached hydrogen (secondary N) is 1. The minimum Gasteiger partial charge on any atom is -0.467 e. The van der Waals surface area contributed by atoms with Crippen molar-refractivity contribution in [1.82, 2.24) is 49.6 Å². The predicted octanol–water partition coefficient (Wildman–Crippen LogP) is 4.32. The third-order valence-electron chi connectivity index (χ3n) is 9.93. The average molecular weight is 740 g/mol. The van der Waals surface area contributed by atoms with Gasteiger partial charge < -0.3 is 19.1 Å². The first-order valence-electron chi connectivity index (χ1n) is 17.8. The van der Waals surface area contributed by atoms with E-state index in [4.69, 9.17) is 9.26 Å². The number of carbonyl (C=O) groups excluding carboxylic acids is 1. The number of hydrogen-bond acceptors (Lipinski definition) is 12. The number of piperidine rings is 1. The highest BCUT2D eigenvalue weighted by Gasteiger charge is 2.27. The summed E-state index contributed by atoms with van der Waals surface area (Å²) in [7, 11) is 3.46. The average Bonchev–Trinajstić information content (AvgIpc) is 3.89. The number of rotatable bonds is 10. The number of anilines is 2. The smallest absolute Gasteiger partial charge is 0.330 e. The van der Waals surface area contributed by atoms with Gasteiger partial charge in [0.1, 0.15) is 23.7 Å². The summed E-state index contributed by atoms with van der Waals surface area (Å²) in [6.45, 7) is 3.61. The molecule has 7 aromatic rings. The first-order chi connectivity index (χ1) is 26.7. The quantitative estimate of drug-likeness (QED) is 0.210. The van der Waals surface area contributed by atoms with E-state index in [-0.39, 0.29) is 35.0 Å². The Labute approximate surface area is 314 Å². The molecule has 278 valence electrons. The number of pyridine rings is 1. The van der Waals surface area contributed by atoms with Gasteiger partial charge in [-0.15, -0.1) is 5.10 Å². The summed E-state index contributed by atoms with van der Waals surface area (Å²) in [6.07, 6.45) is 6.35. The second-order valence-electron chi connectivity index (χ2n) is 13.5. The third kappa shape index (κ3) is 7.21. The summed E-state index contributed by atoms with van der Waals surface area (Å²) < 4.78 is 14.0. The number of amides is 1. The Balaban J connectivity index is 0.906. The van der Waals surface area contributed by atoms with Gasteiger partial charge in [-0.2, -0.15) is 4.98 Å². The Morgan fingerprint density at radius 2 is 1.84 bits per heavy atom. The van der Waals surface area contributed by atoms with Crippen molar-refractivity contribution in [3.63, 3.8) is 0 Å². The molecule has 8 rings (SSSR count). The number of aryl methyl sites for hydroxylation is 1. The van der Waals surface area contributed by atoms with E-state index >= 15 is 0 Å². The zero-order valence-corrected chi connectivity index (χ0v) is 30.4. The minimum atomic E-state index is -0.581. The fourth-order valence-corrected chi connectivity index (χ4v) is 6.86. The molecule has 1 fully saturated rings. The number of likely N-dealkylation sites (tertiary alicyclic amines) is 1. The Morgan fingerprint density at radius 3 is 2.64 bits per heavy atom. The third-order valence-corrected chi connectivity index (χ3v) is 9.93. The molecule has 0 saturated carbocycles. The van der Waals surface area contributed by atoms with Crippen LogP contribution in [-0.4, -0.2) is 82.7 Å². The second kappa shape index (κ2) is 14.8. The van der Waals surface area contributed by atoms with E-state index in [2.05, 4.69) is 35.4 Å². The number of methoxy groups -OCH3 is 1. The topological polar surface area (TPSA) is 183 Å². The lowest BCUT2D eigenvalue weighted by Crippen LogP contribution is -2.38. The SMILES string of the molecule is COc1nccc(N(C)c2ccc(C)c(-c3cn(Cc4cc(C5CCN(C(=O)c6cnc7c(c6)c(=O)[nH]c(=O)n7Cc6ccccc6)CC5)no4)nn3)c2)n1. The van der Waals surface area contributed by atoms with E-state index in [1.54, 1.807) is 15.8 Å². The highest BCUT2D eigenvalue weighted by molar-refractivity contribution is 5.96. The summed E-state index contributed by atoms with van der Waals surface area (Å²) in [5, 5.41) is 13.4. The maximum atomic E-state index is 13.6. The fraction of sp³-hybridized carbons (Fsp3) is 0.256. The van der Waals surface area contributed by atoms with E-state index in [1.807, 2.05) is 85.7 Å². The van der Waals surface area contributed by atoms with Crippen LogP contribution in [0.25, 0.3) is 22.3 Å². The van der Waals surface area contributed by atoms with Crippen molar-refractivity contribution in [2.24, 2.45) is 0 Å². The molecule has 16 heteroatoms. The van der Waals surface area contributed by atoms with Gasteiger partial charge in [0.25, 0.3) is 11.5 Å². The molecule has 1 saturated heterocycles. The van der Waals surface area contributed by atoms with Crippen molar-refractivity contribution in [2.45, 2.75) is 38.8 Å². The number of benzene rings is 2. The van der Waals surface area contributed by atoms with Crippen LogP contribution in [0.2, 0.25) is 0 Å². The largest absolute Gasteiger partial charge is 0.467 e. The summed E-state index contributed by atoms with van der Waals surface area (Å²) in [5.41, 5.74) is 4.71. The molecule has 0 atom stereocenters. The molecule has 16 nitrogen and oxygen atoms in total. The normalized spacial score (nSPS) is 13.3. The number of H-pyrrole nitrogens is 1. The van der Waals surface area contributed by atoms with E-state index < -0.39 is 11.2 Å². The van der Waals surface area contributed by atoms with Gasteiger partial charge in [0, 0.05) is 55.8 Å². The van der Waals surface area contributed by atoms with Crippen LogP contribution in [0.4, 0.5) is 11.5 Å². The van der Waals surface area contributed by atoms with E-state index in [0.717, 1.165) is 33.8 Å². The van der Waals surface area contributed by atoms with Gasteiger partial charge in [0.05, 0.1) is 36.5 Å². The molecule has 5 aromatic heterocycles. The Bertz CT molecular complexity index is 2620. The van der Waals surface area contributed by atoms with Gasteiger partial charge in [-0.05, 0) is 55.2 Å². The van der Waals surface area contributed by atoms with Crippen LogP contribution in [0.1, 0.15) is 51.7 Å². The van der Waals surface area contributed by atoms with Crippen molar-refractivity contribution in [2.75, 3.05) is 32.1 Å². The van der Waals surface area contributed by atoms with Crippen molar-refractivity contribution >= 4 is 28.4 Å². The molecule has 0 spiro atoms. The Morgan fingerprint density at radius 1 is 1.02 bits per heavy atom. The first kappa shape index (κ1) is 35.1. The Hall–Kier alpha value is -6.97. The summed E-state index contributed by atoms with van der Waals surface area (Å²) in [5.74, 6) is 1.22. The van der Waals surface area contributed by atoms with E-state index in [9.17, 15) is 14.4 Å². The van der Waals surface area contributed by atoms with Crippen LogP contribution >= 0.6 is 0 Å². The van der Waals surface area contributed by atoms with E-state index in [1.165, 1.54) is 23.9 Å².